The Kier molecular flexibility index (Phi) is 9.57. The smallest absolute Gasteiger partial charge is 0.223 e. The molecule has 2 rings (SSSR count). The van der Waals surface area contributed by atoms with Crippen molar-refractivity contribution in [3.8, 4) is 11.5 Å². The fourth-order valence-electron chi connectivity index (χ4n) is 2.81. The highest BCUT2D eigenvalue weighted by atomic mass is 35.5. The third-order valence-corrected chi connectivity index (χ3v) is 4.03. The molecule has 0 atom stereocenters. The van der Waals surface area contributed by atoms with Crippen LogP contribution in [0, 0.1) is 5.92 Å². The Hall–Kier alpha value is -1.46. The second-order valence-electron chi connectivity index (χ2n) is 5.71. The highest BCUT2D eigenvalue weighted by Crippen LogP contribution is 2.28. The van der Waals surface area contributed by atoms with E-state index in [0.29, 0.717) is 19.8 Å². The molecular formula is C18H29ClN2O3. The summed E-state index contributed by atoms with van der Waals surface area (Å²) in [5.41, 5.74) is 1.14. The summed E-state index contributed by atoms with van der Waals surface area (Å²) in [6, 6.07) is 5.98. The minimum atomic E-state index is 0. The molecule has 1 aromatic carbocycles. The Morgan fingerprint density at radius 2 is 1.83 bits per heavy atom. The number of carbonyl (C=O) groups is 1. The molecule has 0 aromatic heterocycles. The quantitative estimate of drug-likeness (QED) is 0.751. The van der Waals surface area contributed by atoms with Crippen molar-refractivity contribution in [3.63, 3.8) is 0 Å². The summed E-state index contributed by atoms with van der Waals surface area (Å²) in [6.07, 6.45) is 2.66. The molecule has 0 radical (unpaired) electrons. The Morgan fingerprint density at radius 1 is 1.17 bits per heavy atom. The molecule has 2 N–H and O–H groups in total. The van der Waals surface area contributed by atoms with Crippen molar-refractivity contribution in [2.24, 2.45) is 5.92 Å². The van der Waals surface area contributed by atoms with Gasteiger partial charge in [-0.05, 0) is 63.9 Å². The van der Waals surface area contributed by atoms with Crippen LogP contribution in [0.5, 0.6) is 11.5 Å². The summed E-state index contributed by atoms with van der Waals surface area (Å²) in [5.74, 6) is 1.89. The minimum absolute atomic E-state index is 0. The zero-order valence-electron chi connectivity index (χ0n) is 14.6. The van der Waals surface area contributed by atoms with Gasteiger partial charge in [-0.2, -0.15) is 0 Å². The van der Waals surface area contributed by atoms with Crippen LogP contribution in [0.15, 0.2) is 18.2 Å². The first-order valence-electron chi connectivity index (χ1n) is 8.61. The van der Waals surface area contributed by atoms with Crippen molar-refractivity contribution >= 4 is 18.3 Å². The second-order valence-corrected chi connectivity index (χ2v) is 5.71. The van der Waals surface area contributed by atoms with Crippen molar-refractivity contribution in [1.82, 2.24) is 10.6 Å². The molecule has 6 heteroatoms. The van der Waals surface area contributed by atoms with Gasteiger partial charge < -0.3 is 20.1 Å². The summed E-state index contributed by atoms with van der Waals surface area (Å²) in [5, 5.41) is 6.33. The van der Waals surface area contributed by atoms with E-state index >= 15 is 0 Å². The minimum Gasteiger partial charge on any atom is -0.490 e. The SMILES string of the molecule is CCOc1ccc(CCNC(=O)C2CCNCC2)cc1OCC.Cl. The second kappa shape index (κ2) is 11.2. The number of benzene rings is 1. The molecule has 1 aliphatic rings. The molecule has 0 saturated carbocycles. The first-order chi connectivity index (χ1) is 11.2. The van der Waals surface area contributed by atoms with E-state index in [-0.39, 0.29) is 24.2 Å². The van der Waals surface area contributed by atoms with E-state index in [0.717, 1.165) is 49.4 Å². The van der Waals surface area contributed by atoms with Gasteiger partial charge in [0.05, 0.1) is 13.2 Å². The van der Waals surface area contributed by atoms with Gasteiger partial charge in [-0.25, -0.2) is 0 Å². The van der Waals surface area contributed by atoms with Crippen LogP contribution >= 0.6 is 12.4 Å². The largest absolute Gasteiger partial charge is 0.490 e. The van der Waals surface area contributed by atoms with Crippen LogP contribution in [-0.2, 0) is 11.2 Å². The number of nitrogens with one attached hydrogen (secondary N) is 2. The summed E-state index contributed by atoms with van der Waals surface area (Å²) >= 11 is 0. The van der Waals surface area contributed by atoms with Gasteiger partial charge in [-0.15, -0.1) is 12.4 Å². The van der Waals surface area contributed by atoms with Gasteiger partial charge >= 0.3 is 0 Å². The van der Waals surface area contributed by atoms with Gasteiger partial charge in [-0.1, -0.05) is 6.07 Å². The maximum atomic E-state index is 12.1. The molecular weight excluding hydrogens is 328 g/mol. The molecule has 1 aliphatic heterocycles. The van der Waals surface area contributed by atoms with E-state index in [9.17, 15) is 4.79 Å². The van der Waals surface area contributed by atoms with Gasteiger partial charge in [0.15, 0.2) is 11.5 Å². The highest BCUT2D eigenvalue weighted by Gasteiger charge is 2.20. The molecule has 1 fully saturated rings. The van der Waals surface area contributed by atoms with Crippen molar-refractivity contribution < 1.29 is 14.3 Å². The van der Waals surface area contributed by atoms with Gasteiger partial charge in [0.25, 0.3) is 0 Å². The lowest BCUT2D eigenvalue weighted by Gasteiger charge is -2.21. The van der Waals surface area contributed by atoms with Gasteiger partial charge in [0.1, 0.15) is 0 Å². The third-order valence-electron chi connectivity index (χ3n) is 4.03. The predicted octanol–water partition coefficient (Wildman–Crippen LogP) is 2.56. The van der Waals surface area contributed by atoms with Gasteiger partial charge in [0, 0.05) is 12.5 Å². The first kappa shape index (κ1) is 20.6. The van der Waals surface area contributed by atoms with Crippen molar-refractivity contribution in [2.75, 3.05) is 32.8 Å². The molecule has 1 heterocycles. The van der Waals surface area contributed by atoms with Gasteiger partial charge in [-0.3, -0.25) is 4.79 Å². The van der Waals surface area contributed by atoms with Crippen molar-refractivity contribution in [3.05, 3.63) is 23.8 Å². The van der Waals surface area contributed by atoms with Crippen LogP contribution in [0.25, 0.3) is 0 Å². The summed E-state index contributed by atoms with van der Waals surface area (Å²) in [6.45, 7) is 7.68. The first-order valence-corrected chi connectivity index (χ1v) is 8.61. The van der Waals surface area contributed by atoms with E-state index in [2.05, 4.69) is 10.6 Å². The Balaban J connectivity index is 0.00000288. The normalized spacial score (nSPS) is 14.6. The number of halogens is 1. The molecule has 1 amide bonds. The number of hydrogen-bond donors (Lipinski definition) is 2. The van der Waals surface area contributed by atoms with E-state index in [4.69, 9.17) is 9.47 Å². The van der Waals surface area contributed by atoms with Crippen LogP contribution in [-0.4, -0.2) is 38.8 Å². The Bertz CT molecular complexity index is 505. The maximum Gasteiger partial charge on any atom is 0.223 e. The number of piperidine rings is 1. The number of amides is 1. The number of hydrogen-bond acceptors (Lipinski definition) is 4. The Labute approximate surface area is 150 Å². The molecule has 0 aliphatic carbocycles. The van der Waals surface area contributed by atoms with Crippen LogP contribution in [0.2, 0.25) is 0 Å². The Morgan fingerprint density at radius 3 is 2.50 bits per heavy atom. The highest BCUT2D eigenvalue weighted by molar-refractivity contribution is 5.85. The molecule has 0 bridgehead atoms. The lowest BCUT2D eigenvalue weighted by atomic mass is 9.97. The summed E-state index contributed by atoms with van der Waals surface area (Å²) in [4.78, 5) is 12.1. The number of carbonyl (C=O) groups excluding carboxylic acids is 1. The predicted molar refractivity (Wildman–Crippen MR) is 98.3 cm³/mol. The van der Waals surface area contributed by atoms with Crippen LogP contribution in [0.3, 0.4) is 0 Å². The summed E-state index contributed by atoms with van der Waals surface area (Å²) < 4.78 is 11.2. The molecule has 0 unspecified atom stereocenters. The standard InChI is InChI=1S/C18H28N2O3.ClH/c1-3-22-16-6-5-14(13-17(16)23-4-2)7-12-20-18(21)15-8-10-19-11-9-15;/h5-6,13,15,19H,3-4,7-12H2,1-2H3,(H,20,21);1H. The summed E-state index contributed by atoms with van der Waals surface area (Å²) in [7, 11) is 0. The fourth-order valence-corrected chi connectivity index (χ4v) is 2.81. The monoisotopic (exact) mass is 356 g/mol. The van der Waals surface area contributed by atoms with E-state index < -0.39 is 0 Å². The lowest BCUT2D eigenvalue weighted by Crippen LogP contribution is -2.38. The molecule has 136 valence electrons. The van der Waals surface area contributed by atoms with E-state index in [1.165, 1.54) is 0 Å². The number of rotatable bonds is 8. The van der Waals surface area contributed by atoms with E-state index in [1.54, 1.807) is 0 Å². The van der Waals surface area contributed by atoms with Gasteiger partial charge in [0.2, 0.25) is 5.91 Å². The average Bonchev–Trinajstić information content (AvgIpc) is 2.58. The van der Waals surface area contributed by atoms with Crippen LogP contribution in [0.4, 0.5) is 0 Å². The molecule has 1 saturated heterocycles. The molecule has 5 nitrogen and oxygen atoms in total. The molecule has 24 heavy (non-hydrogen) atoms. The van der Waals surface area contributed by atoms with Crippen LogP contribution in [0.1, 0.15) is 32.3 Å². The fraction of sp³-hybridized carbons (Fsp3) is 0.611. The zero-order valence-corrected chi connectivity index (χ0v) is 15.4. The lowest BCUT2D eigenvalue weighted by molar-refractivity contribution is -0.125. The number of ether oxygens (including phenoxy) is 2. The van der Waals surface area contributed by atoms with Crippen LogP contribution < -0.4 is 20.1 Å². The average molecular weight is 357 g/mol. The molecule has 0 spiro atoms. The van der Waals surface area contributed by atoms with Crippen molar-refractivity contribution in [1.29, 1.82) is 0 Å². The van der Waals surface area contributed by atoms with E-state index in [1.807, 2.05) is 32.0 Å². The maximum absolute atomic E-state index is 12.1. The third kappa shape index (κ3) is 6.21. The molecule has 1 aromatic rings. The zero-order chi connectivity index (χ0) is 16.5. The topological polar surface area (TPSA) is 59.6 Å². The van der Waals surface area contributed by atoms with Crippen molar-refractivity contribution in [2.45, 2.75) is 33.1 Å².